The number of hydrogen-bond acceptors (Lipinski definition) is 4. The third-order valence-electron chi connectivity index (χ3n) is 2.16. The van der Waals surface area contributed by atoms with E-state index in [1.807, 2.05) is 0 Å². The first-order valence-corrected chi connectivity index (χ1v) is 5.15. The molecule has 1 aromatic carbocycles. The van der Waals surface area contributed by atoms with Gasteiger partial charge in [-0.15, -0.1) is 0 Å². The second-order valence-corrected chi connectivity index (χ2v) is 3.48. The number of methoxy groups -OCH3 is 1. The molecule has 0 aliphatic heterocycles. The Morgan fingerprint density at radius 2 is 2.00 bits per heavy atom. The van der Waals surface area contributed by atoms with Crippen LogP contribution in [-0.4, -0.2) is 25.7 Å². The zero-order chi connectivity index (χ0) is 13.6. The molecule has 7 heteroatoms. The Bertz CT molecular complexity index is 396. The monoisotopic (exact) mass is 260 g/mol. The molecular weight excluding hydrogens is 246 g/mol. The van der Waals surface area contributed by atoms with Gasteiger partial charge in [0.1, 0.15) is 5.75 Å². The molecule has 100 valence electrons. The average molecular weight is 260 g/mol. The number of ether oxygens (including phenoxy) is 2. The molecule has 0 spiro atoms. The number of nitrogens with one attached hydrogen (secondary N) is 1. The van der Waals surface area contributed by atoms with E-state index in [2.05, 4.69) is 10.6 Å². The summed E-state index contributed by atoms with van der Waals surface area (Å²) in [5, 5.41) is 0. The Balaban J connectivity index is 2.66. The van der Waals surface area contributed by atoms with Crippen molar-refractivity contribution in [2.45, 2.75) is 12.5 Å². The van der Waals surface area contributed by atoms with E-state index in [0.717, 1.165) is 5.56 Å². The number of nitrogens with two attached hydrogens (primary N) is 1. The number of hydrazine groups is 1. The standard InChI is InChI=1S/C11H14F2N2O3/c1-17-7-6-8-2-4-9(5-3-8)18-11(12,13)10(16)15-14/h2-5H,6-7,14H2,1H3,(H,15,16). The summed E-state index contributed by atoms with van der Waals surface area (Å²) < 4.78 is 35.3. The third-order valence-corrected chi connectivity index (χ3v) is 2.16. The van der Waals surface area contributed by atoms with E-state index in [4.69, 9.17) is 4.74 Å². The van der Waals surface area contributed by atoms with Crippen molar-refractivity contribution in [3.05, 3.63) is 29.8 Å². The molecule has 0 bridgehead atoms. The Hall–Kier alpha value is -1.73. The normalized spacial score (nSPS) is 11.1. The van der Waals surface area contributed by atoms with Gasteiger partial charge in [0.25, 0.3) is 0 Å². The fraction of sp³-hybridized carbons (Fsp3) is 0.364. The lowest BCUT2D eigenvalue weighted by Gasteiger charge is -2.15. The number of benzene rings is 1. The van der Waals surface area contributed by atoms with Crippen molar-refractivity contribution in [2.75, 3.05) is 13.7 Å². The highest BCUT2D eigenvalue weighted by Crippen LogP contribution is 2.22. The Labute approximate surface area is 103 Å². The van der Waals surface area contributed by atoms with Gasteiger partial charge in [0.2, 0.25) is 0 Å². The van der Waals surface area contributed by atoms with Crippen LogP contribution in [0.2, 0.25) is 0 Å². The smallest absolute Gasteiger partial charge is 0.425 e. The van der Waals surface area contributed by atoms with Crippen LogP contribution in [0.25, 0.3) is 0 Å². The molecule has 0 radical (unpaired) electrons. The summed E-state index contributed by atoms with van der Waals surface area (Å²) in [4.78, 5) is 10.7. The van der Waals surface area contributed by atoms with Gasteiger partial charge in [-0.05, 0) is 24.1 Å². The molecule has 0 heterocycles. The van der Waals surface area contributed by atoms with Crippen molar-refractivity contribution in [1.82, 2.24) is 5.43 Å². The molecule has 0 atom stereocenters. The first kappa shape index (κ1) is 14.3. The van der Waals surface area contributed by atoms with Crippen molar-refractivity contribution in [1.29, 1.82) is 0 Å². The number of halogens is 2. The molecule has 0 aromatic heterocycles. The van der Waals surface area contributed by atoms with Crippen LogP contribution >= 0.6 is 0 Å². The summed E-state index contributed by atoms with van der Waals surface area (Å²) in [5.41, 5.74) is 2.25. The van der Waals surface area contributed by atoms with Crippen LogP contribution in [0.1, 0.15) is 5.56 Å². The summed E-state index contributed by atoms with van der Waals surface area (Å²) in [6, 6.07) is 5.93. The molecule has 5 nitrogen and oxygen atoms in total. The van der Waals surface area contributed by atoms with Crippen LogP contribution in [0.5, 0.6) is 5.75 Å². The Morgan fingerprint density at radius 3 is 2.50 bits per heavy atom. The molecule has 1 rings (SSSR count). The second-order valence-electron chi connectivity index (χ2n) is 3.48. The molecule has 0 fully saturated rings. The number of alkyl halides is 2. The van der Waals surface area contributed by atoms with Crippen molar-refractivity contribution in [2.24, 2.45) is 5.84 Å². The van der Waals surface area contributed by atoms with E-state index in [1.54, 1.807) is 19.2 Å². The quantitative estimate of drug-likeness (QED) is 0.451. The van der Waals surface area contributed by atoms with Crippen molar-refractivity contribution >= 4 is 5.91 Å². The number of carbonyl (C=O) groups excluding carboxylic acids is 1. The Morgan fingerprint density at radius 1 is 1.39 bits per heavy atom. The summed E-state index contributed by atoms with van der Waals surface area (Å²) in [6.07, 6.45) is -3.33. The minimum atomic E-state index is -4.00. The third kappa shape index (κ3) is 3.94. The zero-order valence-corrected chi connectivity index (χ0v) is 9.78. The van der Waals surface area contributed by atoms with E-state index in [1.165, 1.54) is 17.6 Å². The lowest BCUT2D eigenvalue weighted by Crippen LogP contribution is -2.47. The zero-order valence-electron chi connectivity index (χ0n) is 9.78. The number of amides is 1. The largest absolute Gasteiger partial charge is 0.483 e. The first-order valence-electron chi connectivity index (χ1n) is 5.15. The lowest BCUT2D eigenvalue weighted by atomic mass is 10.1. The van der Waals surface area contributed by atoms with Gasteiger partial charge in [-0.2, -0.15) is 8.78 Å². The van der Waals surface area contributed by atoms with Gasteiger partial charge >= 0.3 is 12.0 Å². The maximum Gasteiger partial charge on any atom is 0.483 e. The van der Waals surface area contributed by atoms with Gasteiger partial charge in [-0.3, -0.25) is 10.2 Å². The number of rotatable bonds is 6. The first-order chi connectivity index (χ1) is 8.49. The van der Waals surface area contributed by atoms with Gasteiger partial charge in [-0.1, -0.05) is 12.1 Å². The van der Waals surface area contributed by atoms with Crippen LogP contribution in [0.3, 0.4) is 0 Å². The van der Waals surface area contributed by atoms with Crippen molar-refractivity contribution in [3.8, 4) is 5.75 Å². The summed E-state index contributed by atoms with van der Waals surface area (Å²) in [6.45, 7) is 0.534. The van der Waals surface area contributed by atoms with E-state index in [0.29, 0.717) is 13.0 Å². The van der Waals surface area contributed by atoms with E-state index in [9.17, 15) is 13.6 Å². The van der Waals surface area contributed by atoms with Crippen LogP contribution in [-0.2, 0) is 16.0 Å². The fourth-order valence-corrected chi connectivity index (χ4v) is 1.22. The van der Waals surface area contributed by atoms with E-state index >= 15 is 0 Å². The molecule has 1 aromatic rings. The van der Waals surface area contributed by atoms with Gasteiger partial charge in [-0.25, -0.2) is 5.84 Å². The highest BCUT2D eigenvalue weighted by atomic mass is 19.3. The van der Waals surface area contributed by atoms with Gasteiger partial charge < -0.3 is 9.47 Å². The van der Waals surface area contributed by atoms with Crippen molar-refractivity contribution < 1.29 is 23.0 Å². The predicted octanol–water partition coefficient (Wildman–Crippen LogP) is 0.837. The van der Waals surface area contributed by atoms with Gasteiger partial charge in [0, 0.05) is 7.11 Å². The lowest BCUT2D eigenvalue weighted by molar-refractivity contribution is -0.192. The van der Waals surface area contributed by atoms with Crippen LogP contribution in [0, 0.1) is 0 Å². The second kappa shape index (κ2) is 6.27. The molecule has 0 unspecified atom stereocenters. The van der Waals surface area contributed by atoms with E-state index in [-0.39, 0.29) is 5.75 Å². The minimum Gasteiger partial charge on any atom is -0.425 e. The van der Waals surface area contributed by atoms with Crippen LogP contribution in [0.15, 0.2) is 24.3 Å². The Kier molecular flexibility index (Phi) is 4.99. The van der Waals surface area contributed by atoms with Crippen LogP contribution < -0.4 is 16.0 Å². The molecule has 3 N–H and O–H groups in total. The maximum atomic E-state index is 13.1. The molecule has 0 saturated carbocycles. The summed E-state index contributed by atoms with van der Waals surface area (Å²) in [5.74, 6) is 2.79. The van der Waals surface area contributed by atoms with Gasteiger partial charge in [0.15, 0.2) is 0 Å². The number of hydrogen-bond donors (Lipinski definition) is 2. The molecule has 1 amide bonds. The highest BCUT2D eigenvalue weighted by molar-refractivity contribution is 5.81. The van der Waals surface area contributed by atoms with Crippen LogP contribution in [0.4, 0.5) is 8.78 Å². The fourth-order valence-electron chi connectivity index (χ4n) is 1.22. The summed E-state index contributed by atoms with van der Waals surface area (Å²) >= 11 is 0. The minimum absolute atomic E-state index is 0.121. The summed E-state index contributed by atoms with van der Waals surface area (Å²) in [7, 11) is 1.57. The molecule has 18 heavy (non-hydrogen) atoms. The number of carbonyl (C=O) groups is 1. The predicted molar refractivity (Wildman–Crippen MR) is 59.9 cm³/mol. The van der Waals surface area contributed by atoms with E-state index < -0.39 is 12.0 Å². The highest BCUT2D eigenvalue weighted by Gasteiger charge is 2.41. The molecule has 0 saturated heterocycles. The molecular formula is C11H14F2N2O3. The van der Waals surface area contributed by atoms with Gasteiger partial charge in [0.05, 0.1) is 6.61 Å². The average Bonchev–Trinajstić information content (AvgIpc) is 2.36. The maximum absolute atomic E-state index is 13.1. The van der Waals surface area contributed by atoms with Crippen molar-refractivity contribution in [3.63, 3.8) is 0 Å². The topological polar surface area (TPSA) is 73.6 Å². The SMILES string of the molecule is COCCc1ccc(OC(F)(F)C(=O)NN)cc1. The molecule has 0 aliphatic carbocycles. The molecule has 0 aliphatic rings.